The van der Waals surface area contributed by atoms with Crippen molar-refractivity contribution in [2.45, 2.75) is 63.9 Å². The van der Waals surface area contributed by atoms with Crippen LogP contribution in [0.4, 0.5) is 11.5 Å². The lowest BCUT2D eigenvalue weighted by Gasteiger charge is -2.54. The van der Waals surface area contributed by atoms with Crippen LogP contribution in [0.1, 0.15) is 67.8 Å². The first-order valence-electron chi connectivity index (χ1n) is 16.7. The molecule has 1 spiro atoms. The number of halogens is 1. The minimum absolute atomic E-state index is 0.0173. The van der Waals surface area contributed by atoms with Crippen LogP contribution in [0.2, 0.25) is 5.02 Å². The van der Waals surface area contributed by atoms with E-state index in [0.29, 0.717) is 22.0 Å². The highest BCUT2D eigenvalue weighted by Crippen LogP contribution is 2.49. The van der Waals surface area contributed by atoms with E-state index in [1.807, 2.05) is 30.0 Å². The molecule has 4 heterocycles. The summed E-state index contributed by atoms with van der Waals surface area (Å²) in [6.07, 6.45) is 9.91. The van der Waals surface area contributed by atoms with Gasteiger partial charge in [-0.25, -0.2) is 9.97 Å². The van der Waals surface area contributed by atoms with Crippen LogP contribution < -0.4 is 15.4 Å². The number of hydrogen-bond donors (Lipinski definition) is 2. The second-order valence-electron chi connectivity index (χ2n) is 13.9. The van der Waals surface area contributed by atoms with E-state index in [-0.39, 0.29) is 23.3 Å². The summed E-state index contributed by atoms with van der Waals surface area (Å²) in [5, 5.41) is 9.70. The number of nitrogens with one attached hydrogen (secondary N) is 1. The van der Waals surface area contributed by atoms with Crippen molar-refractivity contribution in [1.29, 1.82) is 5.41 Å². The molecule has 4 fully saturated rings. The van der Waals surface area contributed by atoms with Gasteiger partial charge in [-0.05, 0) is 95.8 Å². The number of aryl methyl sites for hydroxylation is 1. The second-order valence-corrected chi connectivity index (χ2v) is 14.3. The average molecular weight is 642 g/mol. The average Bonchev–Trinajstić information content (AvgIpc) is 3.02. The standard InChI is InChI=1S/C36H44ClN7O2/c1-4-29(45)44-20-36(21-44)12-16-43(17-13-36)35-25-18-27(37)31(30-22(2)8-9-28(39)26(30)19-38)33(46-24-6-5-7-24)32(25)40-34(41-35)23-10-14-42(3)15-11-23/h4,8-9,18-19,23-24,38H,1,5-7,10-17,20-21,39H2,2-3H3. The number of piperidine rings is 2. The first kappa shape index (κ1) is 30.9. The Balaban J connectivity index is 1.37. The zero-order chi connectivity index (χ0) is 32.2. The minimum Gasteiger partial charge on any atom is -0.487 e. The Hall–Kier alpha value is -3.69. The van der Waals surface area contributed by atoms with Gasteiger partial charge in [0.2, 0.25) is 5.91 Å². The van der Waals surface area contributed by atoms with Crippen molar-refractivity contribution in [1.82, 2.24) is 19.8 Å². The van der Waals surface area contributed by atoms with Gasteiger partial charge in [0, 0.05) is 71.5 Å². The molecule has 3 aromatic rings. The second kappa shape index (κ2) is 12.2. The van der Waals surface area contributed by atoms with Crippen molar-refractivity contribution in [3.63, 3.8) is 0 Å². The van der Waals surface area contributed by atoms with E-state index in [0.717, 1.165) is 123 Å². The molecule has 0 unspecified atom stereocenters. The van der Waals surface area contributed by atoms with Crippen LogP contribution in [0.3, 0.4) is 0 Å². The summed E-state index contributed by atoms with van der Waals surface area (Å²) < 4.78 is 6.87. The van der Waals surface area contributed by atoms with Gasteiger partial charge in [-0.3, -0.25) is 4.79 Å². The summed E-state index contributed by atoms with van der Waals surface area (Å²) in [6, 6.07) is 5.83. The maximum Gasteiger partial charge on any atom is 0.245 e. The van der Waals surface area contributed by atoms with Gasteiger partial charge >= 0.3 is 0 Å². The summed E-state index contributed by atoms with van der Waals surface area (Å²) in [5.74, 6) is 2.72. The number of benzene rings is 2. The molecule has 1 saturated carbocycles. The summed E-state index contributed by atoms with van der Waals surface area (Å²) in [4.78, 5) is 29.5. The quantitative estimate of drug-likeness (QED) is 0.180. The molecular formula is C36H44ClN7O2. The number of rotatable bonds is 7. The van der Waals surface area contributed by atoms with Crippen molar-refractivity contribution < 1.29 is 9.53 Å². The van der Waals surface area contributed by atoms with Gasteiger partial charge < -0.3 is 30.6 Å². The normalized spacial score (nSPS) is 20.4. The molecule has 0 bridgehead atoms. The topological polar surface area (TPSA) is 112 Å². The van der Waals surface area contributed by atoms with E-state index < -0.39 is 0 Å². The summed E-state index contributed by atoms with van der Waals surface area (Å²) >= 11 is 7.27. The minimum atomic E-state index is 0.0173. The first-order chi connectivity index (χ1) is 22.2. The van der Waals surface area contributed by atoms with Crippen molar-refractivity contribution in [3.05, 3.63) is 52.8 Å². The summed E-state index contributed by atoms with van der Waals surface area (Å²) in [5.41, 5.74) is 11.1. The molecule has 9 nitrogen and oxygen atoms in total. The number of nitrogen functional groups attached to an aromatic ring is 1. The fraction of sp³-hybridized carbons (Fsp3) is 0.500. The molecular weight excluding hydrogens is 598 g/mol. The van der Waals surface area contributed by atoms with Gasteiger partial charge in [0.05, 0.1) is 11.1 Å². The molecule has 1 aliphatic carbocycles. The van der Waals surface area contributed by atoms with Crippen molar-refractivity contribution in [2.75, 3.05) is 56.9 Å². The number of likely N-dealkylation sites (tertiary alicyclic amines) is 2. The van der Waals surface area contributed by atoms with Gasteiger partial charge in [-0.15, -0.1) is 0 Å². The maximum absolute atomic E-state index is 12.2. The number of amides is 1. The Bertz CT molecular complexity index is 1700. The molecule has 3 saturated heterocycles. The first-order valence-corrected chi connectivity index (χ1v) is 17.0. The van der Waals surface area contributed by atoms with Gasteiger partial charge in [-0.2, -0.15) is 0 Å². The van der Waals surface area contributed by atoms with Gasteiger partial charge in [0.25, 0.3) is 0 Å². The van der Waals surface area contributed by atoms with Crippen LogP contribution in [0.5, 0.6) is 5.75 Å². The fourth-order valence-electron chi connectivity index (χ4n) is 7.69. The molecule has 0 atom stereocenters. The number of carbonyl (C=O) groups excluding carboxylic acids is 1. The number of nitrogens with two attached hydrogens (primary N) is 1. The molecule has 10 heteroatoms. The van der Waals surface area contributed by atoms with Crippen LogP contribution in [0.15, 0.2) is 30.9 Å². The number of nitrogens with zero attached hydrogens (tertiary/aromatic N) is 5. The highest BCUT2D eigenvalue weighted by Gasteiger charge is 2.46. The lowest BCUT2D eigenvalue weighted by Crippen LogP contribution is -2.61. The Morgan fingerprint density at radius 3 is 2.46 bits per heavy atom. The predicted octanol–water partition coefficient (Wildman–Crippen LogP) is 6.19. The number of hydrogen-bond acceptors (Lipinski definition) is 8. The van der Waals surface area contributed by atoms with E-state index >= 15 is 0 Å². The molecule has 3 aliphatic heterocycles. The fourth-order valence-corrected chi connectivity index (χ4v) is 7.98. The molecule has 2 aromatic carbocycles. The Morgan fingerprint density at radius 2 is 1.83 bits per heavy atom. The summed E-state index contributed by atoms with van der Waals surface area (Å²) in [6.45, 7) is 11.0. The number of aromatic nitrogens is 2. The third kappa shape index (κ3) is 5.41. The van der Waals surface area contributed by atoms with Crippen molar-refractivity contribution in [3.8, 4) is 16.9 Å². The van der Waals surface area contributed by atoms with Gasteiger partial charge in [0.1, 0.15) is 17.2 Å². The number of anilines is 2. The van der Waals surface area contributed by atoms with Crippen molar-refractivity contribution in [2.24, 2.45) is 5.41 Å². The third-order valence-corrected chi connectivity index (χ3v) is 11.2. The van der Waals surface area contributed by atoms with Crippen LogP contribution >= 0.6 is 11.6 Å². The Labute approximate surface area is 276 Å². The largest absolute Gasteiger partial charge is 0.487 e. The molecule has 0 radical (unpaired) electrons. The lowest BCUT2D eigenvalue weighted by atomic mass is 9.72. The molecule has 46 heavy (non-hydrogen) atoms. The van der Waals surface area contributed by atoms with E-state index in [4.69, 9.17) is 37.4 Å². The lowest BCUT2D eigenvalue weighted by molar-refractivity contribution is -0.139. The van der Waals surface area contributed by atoms with E-state index in [1.165, 1.54) is 12.3 Å². The molecule has 242 valence electrons. The molecule has 1 aromatic heterocycles. The number of carbonyl (C=O) groups is 1. The van der Waals surface area contributed by atoms with Gasteiger partial charge in [-0.1, -0.05) is 24.2 Å². The Kier molecular flexibility index (Phi) is 8.18. The van der Waals surface area contributed by atoms with E-state index in [9.17, 15) is 4.79 Å². The highest BCUT2D eigenvalue weighted by atomic mass is 35.5. The molecule has 1 amide bonds. The van der Waals surface area contributed by atoms with Crippen LogP contribution in [-0.4, -0.2) is 84.3 Å². The van der Waals surface area contributed by atoms with Gasteiger partial charge in [0.15, 0.2) is 5.75 Å². The highest BCUT2D eigenvalue weighted by molar-refractivity contribution is 6.35. The molecule has 7 rings (SSSR count). The number of fused-ring (bicyclic) bond motifs is 1. The van der Waals surface area contributed by atoms with Crippen LogP contribution in [-0.2, 0) is 4.79 Å². The van der Waals surface area contributed by atoms with Crippen LogP contribution in [0, 0.1) is 17.7 Å². The monoisotopic (exact) mass is 641 g/mol. The van der Waals surface area contributed by atoms with Crippen molar-refractivity contribution >= 4 is 46.1 Å². The van der Waals surface area contributed by atoms with Crippen LogP contribution in [0.25, 0.3) is 22.0 Å². The third-order valence-electron chi connectivity index (χ3n) is 10.9. The SMILES string of the molecule is C=CC(=O)N1CC2(CCN(c3nc(C4CCN(C)CC4)nc4c(OC5CCC5)c(-c5c(C)ccc(N)c5C=N)c(Cl)cc34)CC2)C1. The van der Waals surface area contributed by atoms with E-state index in [1.54, 1.807) is 0 Å². The molecule has 3 N–H and O–H groups in total. The predicted molar refractivity (Wildman–Crippen MR) is 185 cm³/mol. The zero-order valence-corrected chi connectivity index (χ0v) is 27.7. The Morgan fingerprint density at radius 1 is 1.11 bits per heavy atom. The maximum atomic E-state index is 12.2. The number of ether oxygens (including phenoxy) is 1. The zero-order valence-electron chi connectivity index (χ0n) is 26.9. The summed E-state index contributed by atoms with van der Waals surface area (Å²) in [7, 11) is 2.17. The smallest absolute Gasteiger partial charge is 0.245 e. The molecule has 4 aliphatic rings. The van der Waals surface area contributed by atoms with E-state index in [2.05, 4.69) is 23.4 Å².